The molecule has 1 atom stereocenters. The van der Waals surface area contributed by atoms with E-state index in [9.17, 15) is 4.79 Å². The predicted molar refractivity (Wildman–Crippen MR) is 67.9 cm³/mol. The van der Waals surface area contributed by atoms with Crippen molar-refractivity contribution in [3.8, 4) is 0 Å². The van der Waals surface area contributed by atoms with Gasteiger partial charge in [-0.1, -0.05) is 24.3 Å². The summed E-state index contributed by atoms with van der Waals surface area (Å²) >= 11 is 0. The molecule has 86 valence electrons. The summed E-state index contributed by atoms with van der Waals surface area (Å²) in [7, 11) is 0. The number of hydrogen-bond donors (Lipinski definition) is 1. The number of rotatable bonds is 2. The summed E-state index contributed by atoms with van der Waals surface area (Å²) in [5.74, 6) is -0.0198. The van der Waals surface area contributed by atoms with E-state index in [1.807, 2.05) is 24.3 Å². The van der Waals surface area contributed by atoms with Crippen LogP contribution in [0.2, 0.25) is 0 Å². The highest BCUT2D eigenvalue weighted by Crippen LogP contribution is 2.26. The van der Waals surface area contributed by atoms with Crippen molar-refractivity contribution < 1.29 is 4.79 Å². The van der Waals surface area contributed by atoms with Gasteiger partial charge in [-0.15, -0.1) is 19.0 Å². The maximum atomic E-state index is 11.8. The van der Waals surface area contributed by atoms with Gasteiger partial charge in [-0.25, -0.2) is 0 Å². The van der Waals surface area contributed by atoms with Gasteiger partial charge < -0.3 is 10.6 Å². The third-order valence-electron chi connectivity index (χ3n) is 2.62. The van der Waals surface area contributed by atoms with Crippen molar-refractivity contribution in [1.29, 1.82) is 0 Å². The van der Waals surface area contributed by atoms with E-state index in [0.717, 1.165) is 11.3 Å². The number of nitrogens with two attached hydrogens (primary N) is 1. The Labute approximate surface area is 101 Å². The minimum absolute atomic E-state index is 0. The van der Waals surface area contributed by atoms with E-state index in [-0.39, 0.29) is 18.3 Å². The molecule has 2 N–H and O–H groups in total. The van der Waals surface area contributed by atoms with Crippen molar-refractivity contribution in [1.82, 2.24) is 0 Å². The molecule has 0 saturated carbocycles. The van der Waals surface area contributed by atoms with E-state index in [1.54, 1.807) is 11.0 Å². The van der Waals surface area contributed by atoms with Gasteiger partial charge in [-0.2, -0.15) is 0 Å². The Balaban J connectivity index is 0.00000128. The molecule has 16 heavy (non-hydrogen) atoms. The lowest BCUT2D eigenvalue weighted by atomic mass is 9.98. The molecule has 0 unspecified atom stereocenters. The average Bonchev–Trinajstić information content (AvgIpc) is 2.25. The third kappa shape index (κ3) is 2.10. The van der Waals surface area contributed by atoms with Gasteiger partial charge in [-0.3, -0.25) is 4.79 Å². The van der Waals surface area contributed by atoms with Crippen molar-refractivity contribution in [2.45, 2.75) is 12.5 Å². The standard InChI is InChI=1S/C12H14N2O.ClH/c1-2-7-14-11-6-4-3-5-9(11)8-10(13)12(14)15;/h2-6,10H,1,7-8,13H2;1H/t10-;/m0./s1. The molecule has 0 saturated heterocycles. The summed E-state index contributed by atoms with van der Waals surface area (Å²) < 4.78 is 0. The summed E-state index contributed by atoms with van der Waals surface area (Å²) in [6.45, 7) is 4.17. The first-order chi connectivity index (χ1) is 7.24. The number of amides is 1. The third-order valence-corrected chi connectivity index (χ3v) is 2.62. The zero-order valence-electron chi connectivity index (χ0n) is 8.93. The van der Waals surface area contributed by atoms with Gasteiger partial charge >= 0.3 is 0 Å². The Morgan fingerprint density at radius 3 is 2.88 bits per heavy atom. The number of carbonyl (C=O) groups is 1. The lowest BCUT2D eigenvalue weighted by molar-refractivity contribution is -0.120. The molecule has 2 rings (SSSR count). The Bertz CT molecular complexity index is 406. The normalized spacial score (nSPS) is 18.7. The van der Waals surface area contributed by atoms with Gasteiger partial charge in [0.1, 0.15) is 0 Å². The highest BCUT2D eigenvalue weighted by molar-refractivity contribution is 6.00. The van der Waals surface area contributed by atoms with Crippen LogP contribution in [0, 0.1) is 0 Å². The number of para-hydroxylation sites is 1. The van der Waals surface area contributed by atoms with Gasteiger partial charge in [0, 0.05) is 12.2 Å². The van der Waals surface area contributed by atoms with E-state index < -0.39 is 6.04 Å². The SMILES string of the molecule is C=CCN1C(=O)[C@@H](N)Cc2ccccc21.Cl. The molecule has 0 aromatic heterocycles. The summed E-state index contributed by atoms with van der Waals surface area (Å²) in [5.41, 5.74) is 7.88. The number of nitrogens with zero attached hydrogens (tertiary/aromatic N) is 1. The van der Waals surface area contributed by atoms with Crippen LogP contribution in [0.3, 0.4) is 0 Å². The topological polar surface area (TPSA) is 46.3 Å². The van der Waals surface area contributed by atoms with Crippen LogP contribution in [0.25, 0.3) is 0 Å². The number of benzene rings is 1. The van der Waals surface area contributed by atoms with E-state index in [1.165, 1.54) is 0 Å². The Hall–Kier alpha value is -1.32. The average molecular weight is 239 g/mol. The molecule has 3 nitrogen and oxygen atoms in total. The number of anilines is 1. The summed E-state index contributed by atoms with van der Waals surface area (Å²) in [6.07, 6.45) is 2.34. The molecule has 0 spiro atoms. The zero-order chi connectivity index (χ0) is 10.8. The Morgan fingerprint density at radius 1 is 1.50 bits per heavy atom. The van der Waals surface area contributed by atoms with Crippen molar-refractivity contribution >= 4 is 24.0 Å². The fourth-order valence-electron chi connectivity index (χ4n) is 1.91. The molecule has 1 amide bonds. The fraction of sp³-hybridized carbons (Fsp3) is 0.250. The van der Waals surface area contributed by atoms with Crippen LogP contribution in [0.5, 0.6) is 0 Å². The summed E-state index contributed by atoms with van der Waals surface area (Å²) in [5, 5.41) is 0. The largest absolute Gasteiger partial charge is 0.320 e. The lowest BCUT2D eigenvalue weighted by Crippen LogP contribution is -2.48. The molecule has 1 aliphatic rings. The number of fused-ring (bicyclic) bond motifs is 1. The molecule has 1 heterocycles. The van der Waals surface area contributed by atoms with Crippen LogP contribution in [-0.2, 0) is 11.2 Å². The monoisotopic (exact) mass is 238 g/mol. The van der Waals surface area contributed by atoms with Crippen LogP contribution in [-0.4, -0.2) is 18.5 Å². The zero-order valence-corrected chi connectivity index (χ0v) is 9.74. The quantitative estimate of drug-likeness (QED) is 0.794. The van der Waals surface area contributed by atoms with Gasteiger partial charge in [0.25, 0.3) is 0 Å². The maximum absolute atomic E-state index is 11.8. The second-order valence-electron chi connectivity index (χ2n) is 3.68. The highest BCUT2D eigenvalue weighted by Gasteiger charge is 2.28. The van der Waals surface area contributed by atoms with Crippen LogP contribution in [0.4, 0.5) is 5.69 Å². The molecule has 0 fully saturated rings. The van der Waals surface area contributed by atoms with Gasteiger partial charge in [0.15, 0.2) is 0 Å². The predicted octanol–water partition coefficient (Wildman–Crippen LogP) is 1.51. The molecule has 0 aliphatic carbocycles. The summed E-state index contributed by atoms with van der Waals surface area (Å²) in [6, 6.07) is 7.44. The molecule has 0 bridgehead atoms. The second-order valence-corrected chi connectivity index (χ2v) is 3.68. The van der Waals surface area contributed by atoms with E-state index in [2.05, 4.69) is 6.58 Å². The molecule has 1 aromatic carbocycles. The second kappa shape index (κ2) is 5.14. The first kappa shape index (κ1) is 12.7. The number of carbonyl (C=O) groups excluding carboxylic acids is 1. The van der Waals surface area contributed by atoms with Crippen LogP contribution < -0.4 is 10.6 Å². The van der Waals surface area contributed by atoms with Crippen LogP contribution in [0.15, 0.2) is 36.9 Å². The Morgan fingerprint density at radius 2 is 2.19 bits per heavy atom. The number of hydrogen-bond acceptors (Lipinski definition) is 2. The molecule has 4 heteroatoms. The first-order valence-corrected chi connectivity index (χ1v) is 5.00. The van der Waals surface area contributed by atoms with Gasteiger partial charge in [-0.05, 0) is 18.1 Å². The van der Waals surface area contributed by atoms with Crippen molar-refractivity contribution in [3.63, 3.8) is 0 Å². The number of halogens is 1. The van der Waals surface area contributed by atoms with E-state index in [4.69, 9.17) is 5.73 Å². The first-order valence-electron chi connectivity index (χ1n) is 5.00. The van der Waals surface area contributed by atoms with Crippen molar-refractivity contribution in [3.05, 3.63) is 42.5 Å². The minimum atomic E-state index is -0.417. The molecule has 1 aromatic rings. The van der Waals surface area contributed by atoms with Crippen molar-refractivity contribution in [2.24, 2.45) is 5.73 Å². The smallest absolute Gasteiger partial charge is 0.244 e. The van der Waals surface area contributed by atoms with Gasteiger partial charge in [0.2, 0.25) is 5.91 Å². The molecular weight excluding hydrogens is 224 g/mol. The fourth-order valence-corrected chi connectivity index (χ4v) is 1.91. The highest BCUT2D eigenvalue weighted by atomic mass is 35.5. The molecule has 1 aliphatic heterocycles. The minimum Gasteiger partial charge on any atom is -0.320 e. The molecular formula is C12H15ClN2O. The molecule has 0 radical (unpaired) electrons. The Kier molecular flexibility index (Phi) is 4.10. The maximum Gasteiger partial charge on any atom is 0.244 e. The van der Waals surface area contributed by atoms with Gasteiger partial charge in [0.05, 0.1) is 6.04 Å². The van der Waals surface area contributed by atoms with Crippen molar-refractivity contribution in [2.75, 3.05) is 11.4 Å². The lowest BCUT2D eigenvalue weighted by Gasteiger charge is -2.31. The summed E-state index contributed by atoms with van der Waals surface area (Å²) in [4.78, 5) is 13.5. The van der Waals surface area contributed by atoms with E-state index in [0.29, 0.717) is 13.0 Å². The van der Waals surface area contributed by atoms with Crippen LogP contribution in [0.1, 0.15) is 5.56 Å². The van der Waals surface area contributed by atoms with Crippen LogP contribution >= 0.6 is 12.4 Å². The van der Waals surface area contributed by atoms with E-state index >= 15 is 0 Å².